The Morgan fingerprint density at radius 1 is 1.18 bits per heavy atom. The zero-order valence-electron chi connectivity index (χ0n) is 21.9. The van der Waals surface area contributed by atoms with Gasteiger partial charge in [-0.1, -0.05) is 36.8 Å². The van der Waals surface area contributed by atoms with E-state index in [4.69, 9.17) is 0 Å². The van der Waals surface area contributed by atoms with Gasteiger partial charge in [-0.2, -0.15) is 0 Å². The topological polar surface area (TPSA) is 74.3 Å². The lowest BCUT2D eigenvalue weighted by Gasteiger charge is -2.41. The van der Waals surface area contributed by atoms with Gasteiger partial charge in [-0.15, -0.1) is 0 Å². The number of hydrogen-bond donors (Lipinski definition) is 2. The van der Waals surface area contributed by atoms with E-state index in [-0.39, 0.29) is 29.6 Å². The maximum Gasteiger partial charge on any atom is 0.253 e. The molecular weight excluding hydrogens is 479 g/mol. The number of nitrogens with one attached hydrogen (secondary N) is 2. The van der Waals surface area contributed by atoms with Crippen molar-refractivity contribution in [3.8, 4) is 0 Å². The maximum atomic E-state index is 13.5. The number of benzene rings is 2. The van der Waals surface area contributed by atoms with Crippen molar-refractivity contribution in [1.29, 1.82) is 0 Å². The maximum absolute atomic E-state index is 13.5. The fourth-order valence-electron chi connectivity index (χ4n) is 6.66. The molecule has 2 saturated heterocycles. The number of pyridine rings is 1. The van der Waals surface area contributed by atoms with Gasteiger partial charge in [-0.3, -0.25) is 14.6 Å². The molecule has 3 fully saturated rings. The Labute approximate surface area is 223 Å². The van der Waals surface area contributed by atoms with E-state index >= 15 is 0 Å². The predicted octanol–water partition coefficient (Wildman–Crippen LogP) is 4.76. The normalized spacial score (nSPS) is 22.3. The molecule has 38 heavy (non-hydrogen) atoms. The van der Waals surface area contributed by atoms with Gasteiger partial charge >= 0.3 is 0 Å². The Balaban J connectivity index is 1.07. The summed E-state index contributed by atoms with van der Waals surface area (Å²) in [5.74, 6) is 0.387. The largest absolute Gasteiger partial charge is 0.355 e. The molecule has 2 amide bonds. The second kappa shape index (κ2) is 10.1. The highest BCUT2D eigenvalue weighted by Crippen LogP contribution is 2.47. The molecule has 2 aromatic carbocycles. The SMILES string of the molecule is C[C@@H](CN1CCC2(CC1)C(=O)NC[C@H]2c1ccc(F)cc1)NC(=O)c1cnc2c(C3CCC3)cccc2c1. The molecule has 1 saturated carbocycles. The first kappa shape index (κ1) is 25.0. The zero-order valence-corrected chi connectivity index (χ0v) is 21.9. The molecule has 1 aliphatic carbocycles. The van der Waals surface area contributed by atoms with E-state index in [0.29, 0.717) is 18.0 Å². The van der Waals surface area contributed by atoms with Gasteiger partial charge in [0.15, 0.2) is 0 Å². The van der Waals surface area contributed by atoms with E-state index in [0.717, 1.165) is 48.9 Å². The van der Waals surface area contributed by atoms with Gasteiger partial charge < -0.3 is 15.5 Å². The molecule has 7 heteroatoms. The average molecular weight is 515 g/mol. The van der Waals surface area contributed by atoms with Crippen LogP contribution in [0.15, 0.2) is 54.7 Å². The third kappa shape index (κ3) is 4.57. The number of likely N-dealkylation sites (tertiary alicyclic amines) is 1. The van der Waals surface area contributed by atoms with Crippen molar-refractivity contribution in [3.05, 3.63) is 77.2 Å². The fraction of sp³-hybridized carbons (Fsp3) is 0.452. The van der Waals surface area contributed by atoms with Gasteiger partial charge in [-0.05, 0) is 80.9 Å². The van der Waals surface area contributed by atoms with Crippen LogP contribution >= 0.6 is 0 Å². The van der Waals surface area contributed by atoms with Crippen molar-refractivity contribution in [3.63, 3.8) is 0 Å². The van der Waals surface area contributed by atoms with Crippen LogP contribution in [0.25, 0.3) is 10.9 Å². The Kier molecular flexibility index (Phi) is 6.64. The van der Waals surface area contributed by atoms with Crippen molar-refractivity contribution in [2.45, 2.75) is 56.9 Å². The van der Waals surface area contributed by atoms with Crippen molar-refractivity contribution in [1.82, 2.24) is 20.5 Å². The number of carbonyl (C=O) groups excluding carboxylic acids is 2. The lowest BCUT2D eigenvalue weighted by molar-refractivity contribution is -0.130. The van der Waals surface area contributed by atoms with Crippen molar-refractivity contribution in [2.75, 3.05) is 26.2 Å². The molecule has 2 atom stereocenters. The summed E-state index contributed by atoms with van der Waals surface area (Å²) in [6, 6.07) is 14.7. The van der Waals surface area contributed by atoms with E-state index in [1.165, 1.54) is 37.0 Å². The van der Waals surface area contributed by atoms with Gasteiger partial charge in [-0.25, -0.2) is 4.39 Å². The lowest BCUT2D eigenvalue weighted by Crippen LogP contribution is -2.49. The van der Waals surface area contributed by atoms with E-state index in [1.54, 1.807) is 6.20 Å². The minimum atomic E-state index is -0.448. The average Bonchev–Trinajstić information content (AvgIpc) is 3.20. The molecule has 3 aliphatic rings. The number of nitrogens with zero attached hydrogens (tertiary/aromatic N) is 2. The highest BCUT2D eigenvalue weighted by molar-refractivity contribution is 5.98. The number of aromatic nitrogens is 1. The summed E-state index contributed by atoms with van der Waals surface area (Å²) in [6.45, 7) is 4.91. The van der Waals surface area contributed by atoms with Crippen molar-refractivity contribution in [2.24, 2.45) is 5.41 Å². The van der Waals surface area contributed by atoms with Crippen LogP contribution in [0.2, 0.25) is 0 Å². The van der Waals surface area contributed by atoms with Gasteiger partial charge in [0.2, 0.25) is 5.91 Å². The Hall–Kier alpha value is -3.32. The highest BCUT2D eigenvalue weighted by atomic mass is 19.1. The monoisotopic (exact) mass is 514 g/mol. The number of piperidine rings is 1. The van der Waals surface area contributed by atoms with Crippen molar-refractivity contribution >= 4 is 22.7 Å². The van der Waals surface area contributed by atoms with Crippen LogP contribution in [0.3, 0.4) is 0 Å². The first-order valence-corrected chi connectivity index (χ1v) is 13.9. The molecule has 198 valence electrons. The molecule has 3 aromatic rings. The number of para-hydroxylation sites is 1. The minimum Gasteiger partial charge on any atom is -0.355 e. The molecule has 6 nitrogen and oxygen atoms in total. The highest BCUT2D eigenvalue weighted by Gasteiger charge is 2.51. The summed E-state index contributed by atoms with van der Waals surface area (Å²) in [4.78, 5) is 33.0. The van der Waals surface area contributed by atoms with Crippen LogP contribution in [-0.4, -0.2) is 53.9 Å². The second-order valence-corrected chi connectivity index (χ2v) is 11.4. The fourth-order valence-corrected chi connectivity index (χ4v) is 6.66. The lowest BCUT2D eigenvalue weighted by atomic mass is 9.68. The van der Waals surface area contributed by atoms with Crippen molar-refractivity contribution < 1.29 is 14.0 Å². The number of rotatable bonds is 6. The third-order valence-electron chi connectivity index (χ3n) is 9.07. The summed E-state index contributed by atoms with van der Waals surface area (Å²) in [5, 5.41) is 7.22. The Morgan fingerprint density at radius 3 is 2.66 bits per heavy atom. The molecule has 3 heterocycles. The standard InChI is InChI=1S/C31H35FN4O2/c1-20(35-29(37)24-16-23-6-3-7-26(21-4-2-5-21)28(23)33-17-24)19-36-14-12-31(13-15-36)27(18-34-30(31)38)22-8-10-25(32)11-9-22/h3,6-11,16-17,20-21,27H,2,4-5,12-15,18-19H2,1H3,(H,34,38)(H,35,37)/t20-,27-/m0/s1. The van der Waals surface area contributed by atoms with Gasteiger partial charge in [0.1, 0.15) is 5.82 Å². The summed E-state index contributed by atoms with van der Waals surface area (Å²) >= 11 is 0. The molecular formula is C31H35FN4O2. The number of hydrogen-bond acceptors (Lipinski definition) is 4. The molecule has 1 spiro atoms. The summed E-state index contributed by atoms with van der Waals surface area (Å²) in [6.07, 6.45) is 6.91. The van der Waals surface area contributed by atoms with Crippen LogP contribution in [0.5, 0.6) is 0 Å². The molecule has 1 aromatic heterocycles. The predicted molar refractivity (Wildman–Crippen MR) is 146 cm³/mol. The van der Waals surface area contributed by atoms with E-state index in [2.05, 4.69) is 32.7 Å². The van der Waals surface area contributed by atoms with Crippen LogP contribution < -0.4 is 10.6 Å². The molecule has 0 radical (unpaired) electrons. The number of carbonyl (C=O) groups is 2. The number of fused-ring (bicyclic) bond motifs is 1. The van der Waals surface area contributed by atoms with Crippen LogP contribution in [0, 0.1) is 11.2 Å². The second-order valence-electron chi connectivity index (χ2n) is 11.4. The Morgan fingerprint density at radius 2 is 1.95 bits per heavy atom. The van der Waals surface area contributed by atoms with E-state index in [1.807, 2.05) is 31.2 Å². The molecule has 0 bridgehead atoms. The first-order chi connectivity index (χ1) is 18.4. The van der Waals surface area contributed by atoms with E-state index < -0.39 is 5.41 Å². The van der Waals surface area contributed by atoms with Gasteiger partial charge in [0.05, 0.1) is 16.5 Å². The smallest absolute Gasteiger partial charge is 0.253 e. The molecule has 0 unspecified atom stereocenters. The van der Waals surface area contributed by atoms with Gasteiger partial charge in [0, 0.05) is 36.6 Å². The molecule has 6 rings (SSSR count). The van der Waals surface area contributed by atoms with E-state index in [9.17, 15) is 14.0 Å². The minimum absolute atomic E-state index is 0.0427. The number of amides is 2. The first-order valence-electron chi connectivity index (χ1n) is 13.9. The molecule has 2 aliphatic heterocycles. The van der Waals surface area contributed by atoms with Gasteiger partial charge in [0.25, 0.3) is 5.91 Å². The van der Waals surface area contributed by atoms with Crippen LogP contribution in [0.1, 0.15) is 72.3 Å². The molecule has 2 N–H and O–H groups in total. The summed E-state index contributed by atoms with van der Waals surface area (Å²) in [5.41, 5.74) is 3.46. The third-order valence-corrected chi connectivity index (χ3v) is 9.07. The van der Waals surface area contributed by atoms with Crippen LogP contribution in [-0.2, 0) is 4.79 Å². The Bertz CT molecular complexity index is 1350. The zero-order chi connectivity index (χ0) is 26.3. The van der Waals surface area contributed by atoms with Crippen LogP contribution in [0.4, 0.5) is 4.39 Å². The quantitative estimate of drug-likeness (QED) is 0.498. The summed E-state index contributed by atoms with van der Waals surface area (Å²) in [7, 11) is 0. The summed E-state index contributed by atoms with van der Waals surface area (Å²) < 4.78 is 13.5. The number of halogens is 1.